The minimum absolute atomic E-state index is 0.0331. The van der Waals surface area contributed by atoms with Crippen LogP contribution >= 0.6 is 0 Å². The van der Waals surface area contributed by atoms with Gasteiger partial charge in [0.2, 0.25) is 11.9 Å². The summed E-state index contributed by atoms with van der Waals surface area (Å²) in [6, 6.07) is 6.54. The van der Waals surface area contributed by atoms with Crippen LogP contribution in [0.2, 0.25) is 0 Å². The summed E-state index contributed by atoms with van der Waals surface area (Å²) in [4.78, 5) is 34.3. The Morgan fingerprint density at radius 2 is 1.74 bits per heavy atom. The third-order valence-electron chi connectivity index (χ3n) is 6.52. The summed E-state index contributed by atoms with van der Waals surface area (Å²) in [6.45, 7) is 0. The predicted octanol–water partition coefficient (Wildman–Crippen LogP) is 3.88. The van der Waals surface area contributed by atoms with Crippen LogP contribution in [0.1, 0.15) is 55.3 Å². The molecule has 1 aromatic carbocycles. The molecular formula is C25H32N6O3. The molecule has 1 saturated carbocycles. The number of nitrogens with zero attached hydrogens (tertiary/aromatic N) is 4. The third-order valence-corrected chi connectivity index (χ3v) is 6.52. The van der Waals surface area contributed by atoms with Crippen molar-refractivity contribution in [2.45, 2.75) is 63.5 Å². The highest BCUT2D eigenvalue weighted by Gasteiger charge is 2.24. The van der Waals surface area contributed by atoms with Crippen LogP contribution in [-0.4, -0.2) is 47.0 Å². The Balaban J connectivity index is 1.28. The fraction of sp³-hybridized carbons (Fsp3) is 0.480. The van der Waals surface area contributed by atoms with E-state index in [4.69, 9.17) is 9.97 Å². The molecule has 0 spiro atoms. The molecule has 180 valence electrons. The standard InChI is InChI=1S/C25H32N6O3/c1-30(2)24-21-5-3-4-6-22(21)28-25(29-24)27-19-12-10-18(11-13-19)26-23(32)16-9-17-7-14-20(15-8-17)31(33)34/h7-9,14-16,18-19H,3-6,10-13H2,1-2H3,(H,26,32)(H,27,28,29)/b16-9+. The van der Waals surface area contributed by atoms with Gasteiger partial charge in [-0.15, -0.1) is 0 Å². The average molecular weight is 465 g/mol. The molecule has 0 aliphatic heterocycles. The number of nitrogens with one attached hydrogen (secondary N) is 2. The second kappa shape index (κ2) is 10.6. The highest BCUT2D eigenvalue weighted by molar-refractivity contribution is 5.91. The molecule has 1 amide bonds. The number of nitro groups is 1. The predicted molar refractivity (Wildman–Crippen MR) is 133 cm³/mol. The Morgan fingerprint density at radius 1 is 1.06 bits per heavy atom. The molecule has 34 heavy (non-hydrogen) atoms. The van der Waals surface area contributed by atoms with Crippen LogP contribution in [0.3, 0.4) is 0 Å². The van der Waals surface area contributed by atoms with Crippen molar-refractivity contribution >= 4 is 29.4 Å². The van der Waals surface area contributed by atoms with Gasteiger partial charge in [0.1, 0.15) is 5.82 Å². The molecule has 1 heterocycles. The average Bonchev–Trinajstić information content (AvgIpc) is 2.83. The molecule has 0 unspecified atom stereocenters. The summed E-state index contributed by atoms with van der Waals surface area (Å²) in [6.07, 6.45) is 11.2. The molecule has 0 atom stereocenters. The van der Waals surface area contributed by atoms with Crippen molar-refractivity contribution in [3.8, 4) is 0 Å². The van der Waals surface area contributed by atoms with Crippen molar-refractivity contribution < 1.29 is 9.72 Å². The largest absolute Gasteiger partial charge is 0.362 e. The smallest absolute Gasteiger partial charge is 0.269 e. The minimum Gasteiger partial charge on any atom is -0.362 e. The zero-order valence-corrected chi connectivity index (χ0v) is 19.8. The molecule has 4 rings (SSSR count). The highest BCUT2D eigenvalue weighted by Crippen LogP contribution is 2.29. The Morgan fingerprint density at radius 3 is 2.41 bits per heavy atom. The van der Waals surface area contributed by atoms with Crippen molar-refractivity contribution in [1.82, 2.24) is 15.3 Å². The first-order valence-electron chi connectivity index (χ1n) is 12.0. The van der Waals surface area contributed by atoms with Crippen LogP contribution in [0, 0.1) is 10.1 Å². The van der Waals surface area contributed by atoms with Crippen LogP contribution in [0.25, 0.3) is 6.08 Å². The SMILES string of the molecule is CN(C)c1nc(NC2CCC(NC(=O)/C=C/c3ccc([N+](=O)[O-])cc3)CC2)nc2c1CCCC2. The lowest BCUT2D eigenvalue weighted by molar-refractivity contribution is -0.384. The van der Waals surface area contributed by atoms with Crippen LogP contribution in [0.5, 0.6) is 0 Å². The van der Waals surface area contributed by atoms with E-state index in [0.717, 1.165) is 49.9 Å². The first kappa shape index (κ1) is 23.7. The number of aromatic nitrogens is 2. The number of aryl methyl sites for hydroxylation is 1. The van der Waals surface area contributed by atoms with E-state index in [1.54, 1.807) is 18.2 Å². The van der Waals surface area contributed by atoms with Gasteiger partial charge in [-0.25, -0.2) is 4.98 Å². The molecule has 1 fully saturated rings. The summed E-state index contributed by atoms with van der Waals surface area (Å²) in [5, 5.41) is 17.3. The van der Waals surface area contributed by atoms with Crippen LogP contribution < -0.4 is 15.5 Å². The third kappa shape index (κ3) is 5.89. The number of benzene rings is 1. The van der Waals surface area contributed by atoms with Crippen molar-refractivity contribution in [3.05, 3.63) is 57.3 Å². The fourth-order valence-corrected chi connectivity index (χ4v) is 4.70. The highest BCUT2D eigenvalue weighted by atomic mass is 16.6. The summed E-state index contributed by atoms with van der Waals surface area (Å²) in [5.41, 5.74) is 3.24. The fourth-order valence-electron chi connectivity index (χ4n) is 4.70. The topological polar surface area (TPSA) is 113 Å². The van der Waals surface area contributed by atoms with Crippen molar-refractivity contribution in [3.63, 3.8) is 0 Å². The van der Waals surface area contributed by atoms with Gasteiger partial charge in [-0.1, -0.05) is 0 Å². The zero-order valence-electron chi connectivity index (χ0n) is 19.8. The number of amides is 1. The molecule has 2 aromatic rings. The maximum absolute atomic E-state index is 12.3. The number of anilines is 2. The van der Waals surface area contributed by atoms with E-state index in [1.165, 1.54) is 42.3 Å². The van der Waals surface area contributed by atoms with Gasteiger partial charge in [-0.2, -0.15) is 4.98 Å². The summed E-state index contributed by atoms with van der Waals surface area (Å²) >= 11 is 0. The Labute approximate surface area is 199 Å². The van der Waals surface area contributed by atoms with Crippen LogP contribution in [0.15, 0.2) is 30.3 Å². The molecule has 0 bridgehead atoms. The van der Waals surface area contributed by atoms with Gasteiger partial charge in [0.15, 0.2) is 0 Å². The van der Waals surface area contributed by atoms with E-state index >= 15 is 0 Å². The van der Waals surface area contributed by atoms with Gasteiger partial charge in [-0.05, 0) is 75.1 Å². The van der Waals surface area contributed by atoms with Crippen molar-refractivity contribution in [1.29, 1.82) is 0 Å². The first-order valence-corrected chi connectivity index (χ1v) is 12.0. The number of hydrogen-bond acceptors (Lipinski definition) is 7. The van der Waals surface area contributed by atoms with Crippen molar-refractivity contribution in [2.75, 3.05) is 24.3 Å². The van der Waals surface area contributed by atoms with E-state index in [1.807, 2.05) is 14.1 Å². The molecule has 2 aliphatic carbocycles. The van der Waals surface area contributed by atoms with E-state index in [9.17, 15) is 14.9 Å². The second-order valence-electron chi connectivity index (χ2n) is 9.28. The second-order valence-corrected chi connectivity index (χ2v) is 9.28. The monoisotopic (exact) mass is 464 g/mol. The van der Waals surface area contributed by atoms with Gasteiger partial charge < -0.3 is 15.5 Å². The van der Waals surface area contributed by atoms with Gasteiger partial charge in [0, 0.05) is 50.0 Å². The van der Waals surface area contributed by atoms with Crippen molar-refractivity contribution in [2.24, 2.45) is 0 Å². The lowest BCUT2D eigenvalue weighted by atomic mass is 9.91. The number of carbonyl (C=O) groups excluding carboxylic acids is 1. The molecule has 9 nitrogen and oxygen atoms in total. The molecule has 2 aliphatic rings. The first-order chi connectivity index (χ1) is 16.4. The molecule has 0 radical (unpaired) electrons. The van der Waals surface area contributed by atoms with Gasteiger partial charge in [-0.3, -0.25) is 14.9 Å². The number of rotatable bonds is 7. The molecule has 9 heteroatoms. The number of nitro benzene ring substituents is 1. The number of carbonyl (C=O) groups is 1. The normalized spacial score (nSPS) is 19.9. The van der Waals surface area contributed by atoms with Crippen LogP contribution in [0.4, 0.5) is 17.5 Å². The Kier molecular flexibility index (Phi) is 7.40. The van der Waals surface area contributed by atoms with Crippen LogP contribution in [-0.2, 0) is 17.6 Å². The van der Waals surface area contributed by atoms with Gasteiger partial charge >= 0.3 is 0 Å². The summed E-state index contributed by atoms with van der Waals surface area (Å²) < 4.78 is 0. The maximum Gasteiger partial charge on any atom is 0.269 e. The molecule has 2 N–H and O–H groups in total. The Bertz CT molecular complexity index is 1060. The van der Waals surface area contributed by atoms with E-state index < -0.39 is 4.92 Å². The number of non-ortho nitro benzene ring substituents is 1. The maximum atomic E-state index is 12.3. The van der Waals surface area contributed by atoms with E-state index in [2.05, 4.69) is 15.5 Å². The van der Waals surface area contributed by atoms with Gasteiger partial charge in [0.25, 0.3) is 5.69 Å². The van der Waals surface area contributed by atoms with E-state index in [0.29, 0.717) is 12.0 Å². The number of hydrogen-bond donors (Lipinski definition) is 2. The zero-order chi connectivity index (χ0) is 24.1. The molecule has 1 aromatic heterocycles. The molecular weight excluding hydrogens is 432 g/mol. The minimum atomic E-state index is -0.440. The lowest BCUT2D eigenvalue weighted by Crippen LogP contribution is -2.39. The molecule has 0 saturated heterocycles. The quantitative estimate of drug-likeness (QED) is 0.363. The number of fused-ring (bicyclic) bond motifs is 1. The van der Waals surface area contributed by atoms with E-state index in [-0.39, 0.29) is 17.6 Å². The lowest BCUT2D eigenvalue weighted by Gasteiger charge is -2.30. The Hall–Kier alpha value is -3.49. The van der Waals surface area contributed by atoms with Gasteiger partial charge in [0.05, 0.1) is 10.6 Å². The summed E-state index contributed by atoms with van der Waals surface area (Å²) in [5.74, 6) is 1.58. The summed E-state index contributed by atoms with van der Waals surface area (Å²) in [7, 11) is 4.07.